The lowest BCUT2D eigenvalue weighted by atomic mass is 9.83. The first-order valence-corrected chi connectivity index (χ1v) is 9.03. The number of hydrogen-bond acceptors (Lipinski definition) is 5. The van der Waals surface area contributed by atoms with E-state index >= 15 is 0 Å². The molecule has 2 atom stereocenters. The zero-order chi connectivity index (χ0) is 17.1. The van der Waals surface area contributed by atoms with Gasteiger partial charge >= 0.3 is 0 Å². The van der Waals surface area contributed by atoms with Gasteiger partial charge in [-0.25, -0.2) is 0 Å². The first-order chi connectivity index (χ1) is 11.7. The second-order valence-corrected chi connectivity index (χ2v) is 6.74. The number of benzene rings is 1. The van der Waals surface area contributed by atoms with Crippen LogP contribution in [-0.4, -0.2) is 51.4 Å². The molecule has 0 amide bonds. The van der Waals surface area contributed by atoms with E-state index in [9.17, 15) is 0 Å². The Balaban J connectivity index is 1.85. The molecule has 2 aliphatic heterocycles. The number of rotatable bonds is 5. The monoisotopic (exact) mass is 334 g/mol. The number of hydrogen-bond donors (Lipinski definition) is 1. The predicted octanol–water partition coefficient (Wildman–Crippen LogP) is 2.38. The highest BCUT2D eigenvalue weighted by Crippen LogP contribution is 2.43. The van der Waals surface area contributed by atoms with Crippen LogP contribution in [0.4, 0.5) is 0 Å². The van der Waals surface area contributed by atoms with Gasteiger partial charge in [-0.2, -0.15) is 0 Å². The first-order valence-electron chi connectivity index (χ1n) is 9.03. The van der Waals surface area contributed by atoms with Crippen LogP contribution in [0.2, 0.25) is 0 Å². The van der Waals surface area contributed by atoms with Crippen molar-refractivity contribution in [2.45, 2.75) is 38.4 Å². The fourth-order valence-corrected chi connectivity index (χ4v) is 4.15. The third kappa shape index (κ3) is 3.25. The molecular weight excluding hydrogens is 304 g/mol. The molecule has 0 aliphatic carbocycles. The summed E-state index contributed by atoms with van der Waals surface area (Å²) in [5, 5.41) is 0. The Bertz CT molecular complexity index is 556. The lowest BCUT2D eigenvalue weighted by Crippen LogP contribution is -2.42. The van der Waals surface area contributed by atoms with Crippen molar-refractivity contribution in [1.29, 1.82) is 0 Å². The van der Waals surface area contributed by atoms with Crippen molar-refractivity contribution in [3.05, 3.63) is 23.3 Å². The van der Waals surface area contributed by atoms with Gasteiger partial charge in [-0.3, -0.25) is 0 Å². The third-order valence-electron chi connectivity index (χ3n) is 5.60. The summed E-state index contributed by atoms with van der Waals surface area (Å²) >= 11 is 0. The number of nitrogens with zero attached hydrogens (tertiary/aromatic N) is 1. The van der Waals surface area contributed by atoms with E-state index < -0.39 is 0 Å². The maximum atomic E-state index is 6.40. The summed E-state index contributed by atoms with van der Waals surface area (Å²) in [6, 6.07) is 4.02. The molecule has 24 heavy (non-hydrogen) atoms. The zero-order valence-electron chi connectivity index (χ0n) is 15.1. The number of piperidine rings is 1. The quantitative estimate of drug-likeness (QED) is 0.896. The van der Waals surface area contributed by atoms with Crippen molar-refractivity contribution in [2.24, 2.45) is 11.7 Å². The van der Waals surface area contributed by atoms with Gasteiger partial charge in [0, 0.05) is 18.5 Å². The highest BCUT2D eigenvalue weighted by molar-refractivity contribution is 5.52. The lowest BCUT2D eigenvalue weighted by molar-refractivity contribution is -0.0644. The maximum Gasteiger partial charge on any atom is 0.164 e. The highest BCUT2D eigenvalue weighted by atomic mass is 16.5. The van der Waals surface area contributed by atoms with Crippen LogP contribution in [0.25, 0.3) is 0 Å². The molecule has 0 saturated carbocycles. The van der Waals surface area contributed by atoms with Gasteiger partial charge in [0.2, 0.25) is 0 Å². The average molecular weight is 334 g/mol. The fourth-order valence-electron chi connectivity index (χ4n) is 4.15. The number of ether oxygens (including phenoxy) is 3. The van der Waals surface area contributed by atoms with Crippen LogP contribution in [0.15, 0.2) is 12.1 Å². The molecule has 5 heteroatoms. The van der Waals surface area contributed by atoms with Crippen molar-refractivity contribution < 1.29 is 14.2 Å². The minimum Gasteiger partial charge on any atom is -0.493 e. The summed E-state index contributed by atoms with van der Waals surface area (Å²) in [4.78, 5) is 2.51. The molecule has 2 aliphatic rings. The van der Waals surface area contributed by atoms with E-state index in [4.69, 9.17) is 19.9 Å². The Hall–Kier alpha value is -1.30. The zero-order valence-corrected chi connectivity index (χ0v) is 15.1. The standard InChI is InChI=1S/C19H30N2O3/c1-4-21-9-7-13(8-10-21)17-11-15-14(18(12-20)24-17)5-6-16(22-2)19(15)23-3/h5-6,13,17-18H,4,7-12,20H2,1-3H3. The molecule has 134 valence electrons. The molecule has 0 spiro atoms. The second-order valence-electron chi connectivity index (χ2n) is 6.74. The van der Waals surface area contributed by atoms with Crippen LogP contribution in [0, 0.1) is 5.92 Å². The molecular formula is C19H30N2O3. The molecule has 0 bridgehead atoms. The van der Waals surface area contributed by atoms with Gasteiger partial charge in [0.1, 0.15) is 0 Å². The first kappa shape index (κ1) is 17.5. The summed E-state index contributed by atoms with van der Waals surface area (Å²) in [6.07, 6.45) is 3.42. The molecule has 0 aromatic heterocycles. The Morgan fingerprint density at radius 3 is 2.54 bits per heavy atom. The molecule has 2 unspecified atom stereocenters. The number of likely N-dealkylation sites (tertiary alicyclic amines) is 1. The molecule has 1 saturated heterocycles. The maximum absolute atomic E-state index is 6.40. The van der Waals surface area contributed by atoms with Gasteiger partial charge < -0.3 is 24.8 Å². The molecule has 5 nitrogen and oxygen atoms in total. The number of methoxy groups -OCH3 is 2. The van der Waals surface area contributed by atoms with Crippen LogP contribution in [-0.2, 0) is 11.2 Å². The van der Waals surface area contributed by atoms with Crippen LogP contribution >= 0.6 is 0 Å². The normalized spacial score (nSPS) is 25.3. The molecule has 1 aromatic carbocycles. The van der Waals surface area contributed by atoms with Gasteiger partial charge in [-0.15, -0.1) is 0 Å². The predicted molar refractivity (Wildman–Crippen MR) is 94.8 cm³/mol. The van der Waals surface area contributed by atoms with E-state index in [1.807, 2.05) is 6.07 Å². The Morgan fingerprint density at radius 2 is 1.96 bits per heavy atom. The van der Waals surface area contributed by atoms with E-state index in [2.05, 4.69) is 17.9 Å². The summed E-state index contributed by atoms with van der Waals surface area (Å²) in [5.41, 5.74) is 8.37. The second kappa shape index (κ2) is 7.72. The summed E-state index contributed by atoms with van der Waals surface area (Å²) in [7, 11) is 3.39. The molecule has 1 aromatic rings. The molecule has 0 radical (unpaired) electrons. The third-order valence-corrected chi connectivity index (χ3v) is 5.60. The summed E-state index contributed by atoms with van der Waals surface area (Å²) in [5.74, 6) is 2.21. The molecule has 2 heterocycles. The number of nitrogens with two attached hydrogens (primary N) is 1. The summed E-state index contributed by atoms with van der Waals surface area (Å²) in [6.45, 7) is 6.19. The smallest absolute Gasteiger partial charge is 0.164 e. The Kier molecular flexibility index (Phi) is 5.64. The number of fused-ring (bicyclic) bond motifs is 1. The van der Waals surface area contributed by atoms with Gasteiger partial charge in [0.05, 0.1) is 26.4 Å². The van der Waals surface area contributed by atoms with Crippen molar-refractivity contribution in [3.8, 4) is 11.5 Å². The minimum atomic E-state index is -0.0530. The van der Waals surface area contributed by atoms with Crippen molar-refractivity contribution in [1.82, 2.24) is 4.90 Å². The minimum absolute atomic E-state index is 0.0530. The van der Waals surface area contributed by atoms with Gasteiger partial charge in [0.15, 0.2) is 11.5 Å². The van der Waals surface area contributed by atoms with E-state index in [1.165, 1.54) is 18.4 Å². The van der Waals surface area contributed by atoms with Gasteiger partial charge in [-0.05, 0) is 50.0 Å². The largest absolute Gasteiger partial charge is 0.493 e. The van der Waals surface area contributed by atoms with E-state index in [0.29, 0.717) is 12.5 Å². The lowest BCUT2D eigenvalue weighted by Gasteiger charge is -2.40. The van der Waals surface area contributed by atoms with Crippen LogP contribution in [0.1, 0.15) is 37.0 Å². The van der Waals surface area contributed by atoms with Crippen molar-refractivity contribution in [2.75, 3.05) is 40.4 Å². The van der Waals surface area contributed by atoms with Gasteiger partial charge in [-0.1, -0.05) is 13.0 Å². The Labute approximate surface area is 145 Å². The molecule has 2 N–H and O–H groups in total. The van der Waals surface area contributed by atoms with Crippen LogP contribution < -0.4 is 15.2 Å². The van der Waals surface area contributed by atoms with Gasteiger partial charge in [0.25, 0.3) is 0 Å². The van der Waals surface area contributed by atoms with Crippen molar-refractivity contribution in [3.63, 3.8) is 0 Å². The molecule has 1 fully saturated rings. The fraction of sp³-hybridized carbons (Fsp3) is 0.684. The van der Waals surface area contributed by atoms with Crippen LogP contribution in [0.3, 0.4) is 0 Å². The molecule has 3 rings (SSSR count). The van der Waals surface area contributed by atoms with Crippen LogP contribution in [0.5, 0.6) is 11.5 Å². The topological polar surface area (TPSA) is 57.0 Å². The van der Waals surface area contributed by atoms with Crippen molar-refractivity contribution >= 4 is 0 Å². The average Bonchev–Trinajstić information content (AvgIpc) is 2.65. The Morgan fingerprint density at radius 1 is 1.21 bits per heavy atom. The van der Waals surface area contributed by atoms with E-state index in [-0.39, 0.29) is 12.2 Å². The SMILES string of the molecule is CCN1CCC(C2Cc3c(ccc(OC)c3OC)C(CN)O2)CC1. The van der Waals surface area contributed by atoms with E-state index in [0.717, 1.165) is 43.1 Å². The highest BCUT2D eigenvalue weighted by Gasteiger charge is 2.35. The summed E-state index contributed by atoms with van der Waals surface area (Å²) < 4.78 is 17.5. The van der Waals surface area contributed by atoms with E-state index in [1.54, 1.807) is 14.2 Å².